The molecule has 2 aromatic carbocycles. The molecule has 104 valence electrons. The van der Waals surface area contributed by atoms with Crippen LogP contribution in [0.25, 0.3) is 10.9 Å². The average molecular weight is 277 g/mol. The van der Waals surface area contributed by atoms with Crippen LogP contribution in [-0.2, 0) is 0 Å². The summed E-state index contributed by atoms with van der Waals surface area (Å²) in [7, 11) is 0. The second-order valence-corrected chi connectivity index (χ2v) is 4.86. The van der Waals surface area contributed by atoms with Crippen molar-refractivity contribution < 1.29 is 4.79 Å². The molecule has 0 aliphatic carbocycles. The van der Waals surface area contributed by atoms with Crippen molar-refractivity contribution in [3.8, 4) is 0 Å². The lowest BCUT2D eigenvalue weighted by Gasteiger charge is -1.98. The van der Waals surface area contributed by atoms with E-state index < -0.39 is 0 Å². The normalized spacial score (nSPS) is 11.1. The summed E-state index contributed by atoms with van der Waals surface area (Å²) in [6.07, 6.45) is 3.34. The summed E-state index contributed by atoms with van der Waals surface area (Å²) in [4.78, 5) is 15.2. The summed E-state index contributed by atoms with van der Waals surface area (Å²) in [6, 6.07) is 15.6. The van der Waals surface area contributed by atoms with Crippen molar-refractivity contribution in [1.29, 1.82) is 0 Å². The zero-order chi connectivity index (χ0) is 14.7. The number of hydrogen-bond donors (Lipinski definition) is 2. The molecule has 0 radical (unpaired) electrons. The molecule has 0 fully saturated rings. The minimum atomic E-state index is -0.226. The maximum atomic E-state index is 12.1. The molecule has 4 heteroatoms. The van der Waals surface area contributed by atoms with Gasteiger partial charge in [0, 0.05) is 17.1 Å². The maximum absolute atomic E-state index is 12.1. The van der Waals surface area contributed by atoms with Gasteiger partial charge in [0.15, 0.2) is 0 Å². The lowest BCUT2D eigenvalue weighted by molar-refractivity contribution is 0.0957. The quantitative estimate of drug-likeness (QED) is 0.560. The predicted molar refractivity (Wildman–Crippen MR) is 84.5 cm³/mol. The predicted octanol–water partition coefficient (Wildman–Crippen LogP) is 3.24. The van der Waals surface area contributed by atoms with Gasteiger partial charge in [-0.2, -0.15) is 5.10 Å². The average Bonchev–Trinajstić information content (AvgIpc) is 2.91. The van der Waals surface area contributed by atoms with E-state index in [9.17, 15) is 4.79 Å². The first-order valence-electron chi connectivity index (χ1n) is 6.70. The van der Waals surface area contributed by atoms with Gasteiger partial charge in [-0.25, -0.2) is 5.43 Å². The van der Waals surface area contributed by atoms with E-state index in [4.69, 9.17) is 0 Å². The zero-order valence-electron chi connectivity index (χ0n) is 11.6. The van der Waals surface area contributed by atoms with Gasteiger partial charge in [0.1, 0.15) is 0 Å². The summed E-state index contributed by atoms with van der Waals surface area (Å²) in [5.41, 5.74) is 6.19. The minimum absolute atomic E-state index is 0.226. The molecule has 0 spiro atoms. The summed E-state index contributed by atoms with van der Waals surface area (Å²) in [6.45, 7) is 2.02. The van der Waals surface area contributed by atoms with Crippen LogP contribution in [0.2, 0.25) is 0 Å². The number of amides is 1. The first-order valence-corrected chi connectivity index (χ1v) is 6.70. The maximum Gasteiger partial charge on any atom is 0.273 e. The first kappa shape index (κ1) is 13.1. The van der Waals surface area contributed by atoms with Crippen LogP contribution >= 0.6 is 0 Å². The van der Waals surface area contributed by atoms with Crippen molar-refractivity contribution in [2.45, 2.75) is 6.92 Å². The SMILES string of the molecule is Cc1cccc(C=NNC(=O)c2c[nH]c3ccccc23)c1. The van der Waals surface area contributed by atoms with E-state index in [2.05, 4.69) is 15.5 Å². The second kappa shape index (κ2) is 5.63. The fourth-order valence-corrected chi connectivity index (χ4v) is 2.24. The van der Waals surface area contributed by atoms with Crippen LogP contribution in [0.15, 0.2) is 59.8 Å². The van der Waals surface area contributed by atoms with E-state index in [0.29, 0.717) is 5.56 Å². The summed E-state index contributed by atoms with van der Waals surface area (Å²) in [5.74, 6) is -0.226. The molecule has 3 aromatic rings. The number of carbonyl (C=O) groups excluding carboxylic acids is 1. The molecule has 0 saturated heterocycles. The Kier molecular flexibility index (Phi) is 3.51. The van der Waals surface area contributed by atoms with Gasteiger partial charge in [-0.15, -0.1) is 0 Å². The van der Waals surface area contributed by atoms with Crippen LogP contribution < -0.4 is 5.43 Å². The van der Waals surface area contributed by atoms with Gasteiger partial charge in [0.05, 0.1) is 11.8 Å². The van der Waals surface area contributed by atoms with Crippen molar-refractivity contribution in [1.82, 2.24) is 10.4 Å². The van der Waals surface area contributed by atoms with Gasteiger partial charge in [0.25, 0.3) is 5.91 Å². The van der Waals surface area contributed by atoms with Crippen molar-refractivity contribution in [2.24, 2.45) is 5.10 Å². The summed E-state index contributed by atoms with van der Waals surface area (Å²) in [5, 5.41) is 4.90. The third kappa shape index (κ3) is 2.84. The van der Waals surface area contributed by atoms with E-state index in [1.807, 2.05) is 55.5 Å². The van der Waals surface area contributed by atoms with Crippen LogP contribution in [0.1, 0.15) is 21.5 Å². The van der Waals surface area contributed by atoms with Crippen LogP contribution in [0.3, 0.4) is 0 Å². The Labute approximate surface area is 122 Å². The number of aryl methyl sites for hydroxylation is 1. The fraction of sp³-hybridized carbons (Fsp3) is 0.0588. The number of H-pyrrole nitrogens is 1. The minimum Gasteiger partial charge on any atom is -0.360 e. The molecular weight excluding hydrogens is 262 g/mol. The molecule has 0 aliphatic rings. The van der Waals surface area contributed by atoms with Gasteiger partial charge < -0.3 is 4.98 Å². The van der Waals surface area contributed by atoms with E-state index in [-0.39, 0.29) is 5.91 Å². The first-order chi connectivity index (χ1) is 10.2. The summed E-state index contributed by atoms with van der Waals surface area (Å²) < 4.78 is 0. The number of para-hydroxylation sites is 1. The van der Waals surface area contributed by atoms with Gasteiger partial charge in [0.2, 0.25) is 0 Å². The number of benzene rings is 2. The van der Waals surface area contributed by atoms with E-state index in [1.165, 1.54) is 0 Å². The van der Waals surface area contributed by atoms with Gasteiger partial charge in [-0.3, -0.25) is 4.79 Å². The smallest absolute Gasteiger partial charge is 0.273 e. The molecule has 1 amide bonds. The van der Waals surface area contributed by atoms with Gasteiger partial charge >= 0.3 is 0 Å². The molecule has 1 aromatic heterocycles. The largest absolute Gasteiger partial charge is 0.360 e. The Hall–Kier alpha value is -2.88. The second-order valence-electron chi connectivity index (χ2n) is 4.86. The monoisotopic (exact) mass is 277 g/mol. The number of aromatic amines is 1. The van der Waals surface area contributed by atoms with E-state index in [0.717, 1.165) is 22.0 Å². The fourth-order valence-electron chi connectivity index (χ4n) is 2.24. The van der Waals surface area contributed by atoms with Crippen LogP contribution in [-0.4, -0.2) is 17.1 Å². The van der Waals surface area contributed by atoms with Crippen molar-refractivity contribution in [2.75, 3.05) is 0 Å². The third-order valence-corrected chi connectivity index (χ3v) is 3.26. The Balaban J connectivity index is 1.75. The number of carbonyl (C=O) groups is 1. The molecule has 4 nitrogen and oxygen atoms in total. The molecule has 0 aliphatic heterocycles. The number of aromatic nitrogens is 1. The van der Waals surface area contributed by atoms with Crippen LogP contribution in [0.4, 0.5) is 0 Å². The number of nitrogens with zero attached hydrogens (tertiary/aromatic N) is 1. The van der Waals surface area contributed by atoms with E-state index >= 15 is 0 Å². The third-order valence-electron chi connectivity index (χ3n) is 3.26. The highest BCUT2D eigenvalue weighted by Crippen LogP contribution is 2.17. The number of nitrogens with one attached hydrogen (secondary N) is 2. The molecule has 0 atom stereocenters. The van der Waals surface area contributed by atoms with Crippen molar-refractivity contribution in [3.05, 3.63) is 71.4 Å². The standard InChI is InChI=1S/C17H15N3O/c1-12-5-4-6-13(9-12)10-19-20-17(21)15-11-18-16-8-3-2-7-14(15)16/h2-11,18H,1H3,(H,20,21). The topological polar surface area (TPSA) is 57.2 Å². The lowest BCUT2D eigenvalue weighted by atomic mass is 10.1. The molecule has 21 heavy (non-hydrogen) atoms. The van der Waals surface area contributed by atoms with Gasteiger partial charge in [-0.1, -0.05) is 48.0 Å². The van der Waals surface area contributed by atoms with Gasteiger partial charge in [-0.05, 0) is 18.6 Å². The molecule has 0 bridgehead atoms. The highest BCUT2D eigenvalue weighted by atomic mass is 16.2. The van der Waals surface area contributed by atoms with Crippen molar-refractivity contribution >= 4 is 23.0 Å². The van der Waals surface area contributed by atoms with Crippen LogP contribution in [0, 0.1) is 6.92 Å². The number of hydrazone groups is 1. The van der Waals surface area contributed by atoms with Crippen LogP contribution in [0.5, 0.6) is 0 Å². The molecule has 0 unspecified atom stereocenters. The number of rotatable bonds is 3. The molecule has 1 heterocycles. The molecule has 2 N–H and O–H groups in total. The van der Waals surface area contributed by atoms with Crippen molar-refractivity contribution in [3.63, 3.8) is 0 Å². The molecule has 3 rings (SSSR count). The Morgan fingerprint density at radius 1 is 1.19 bits per heavy atom. The number of hydrogen-bond acceptors (Lipinski definition) is 2. The zero-order valence-corrected chi connectivity index (χ0v) is 11.6. The highest BCUT2D eigenvalue weighted by Gasteiger charge is 2.10. The van der Waals surface area contributed by atoms with E-state index in [1.54, 1.807) is 12.4 Å². The Morgan fingerprint density at radius 3 is 2.90 bits per heavy atom. The summed E-state index contributed by atoms with van der Waals surface area (Å²) >= 11 is 0. The number of fused-ring (bicyclic) bond motifs is 1. The molecular formula is C17H15N3O. The Morgan fingerprint density at radius 2 is 2.05 bits per heavy atom. The lowest BCUT2D eigenvalue weighted by Crippen LogP contribution is -2.17. The molecule has 0 saturated carbocycles. The Bertz CT molecular complexity index is 818. The highest BCUT2D eigenvalue weighted by molar-refractivity contribution is 6.06.